The van der Waals surface area contributed by atoms with E-state index in [1.807, 2.05) is 23.9 Å². The van der Waals surface area contributed by atoms with E-state index in [-0.39, 0.29) is 5.82 Å². The third-order valence-electron chi connectivity index (χ3n) is 2.52. The molecule has 0 bridgehead atoms. The van der Waals surface area contributed by atoms with Gasteiger partial charge < -0.3 is 0 Å². The first kappa shape index (κ1) is 11.4. The molecule has 1 fully saturated rings. The van der Waals surface area contributed by atoms with E-state index >= 15 is 0 Å². The van der Waals surface area contributed by atoms with Crippen LogP contribution in [0.4, 0.5) is 4.39 Å². The molecule has 1 aromatic carbocycles. The van der Waals surface area contributed by atoms with Gasteiger partial charge in [-0.25, -0.2) is 4.39 Å². The van der Waals surface area contributed by atoms with Crippen molar-refractivity contribution in [3.8, 4) is 0 Å². The Labute approximate surface area is 102 Å². The minimum atomic E-state index is -0.201. The summed E-state index contributed by atoms with van der Waals surface area (Å²) in [5.74, 6) is 0.959. The van der Waals surface area contributed by atoms with E-state index in [2.05, 4.69) is 28.2 Å². The number of nitrogens with one attached hydrogen (secondary N) is 1. The van der Waals surface area contributed by atoms with Crippen molar-refractivity contribution in [2.75, 3.05) is 5.75 Å². The zero-order valence-electron chi connectivity index (χ0n) is 8.47. The Balaban J connectivity index is 2.18. The normalized spacial score (nSPS) is 26.6. The van der Waals surface area contributed by atoms with Crippen LogP contribution in [-0.4, -0.2) is 11.8 Å². The molecular weight excluding hydrogens is 277 g/mol. The summed E-state index contributed by atoms with van der Waals surface area (Å²) in [7, 11) is 0. The first-order chi connectivity index (χ1) is 7.16. The van der Waals surface area contributed by atoms with E-state index in [1.54, 1.807) is 0 Å². The standard InChI is InChI=1S/C11H13BrFNS/c1-7-4-5-15-11(14-7)8-2-3-10(13)9(12)6-8/h2-3,6-7,11,14H,4-5H2,1H3. The van der Waals surface area contributed by atoms with E-state index in [4.69, 9.17) is 0 Å². The van der Waals surface area contributed by atoms with Crippen molar-refractivity contribution in [3.63, 3.8) is 0 Å². The molecule has 15 heavy (non-hydrogen) atoms. The van der Waals surface area contributed by atoms with Crippen molar-refractivity contribution in [1.82, 2.24) is 5.32 Å². The molecule has 0 saturated carbocycles. The smallest absolute Gasteiger partial charge is 0.137 e. The Morgan fingerprint density at radius 1 is 1.53 bits per heavy atom. The molecule has 1 saturated heterocycles. The van der Waals surface area contributed by atoms with Crippen LogP contribution in [0, 0.1) is 5.82 Å². The second-order valence-electron chi connectivity index (χ2n) is 3.78. The minimum absolute atomic E-state index is 0.201. The lowest BCUT2D eigenvalue weighted by atomic mass is 10.2. The summed E-state index contributed by atoms with van der Waals surface area (Å²) < 4.78 is 13.6. The topological polar surface area (TPSA) is 12.0 Å². The van der Waals surface area contributed by atoms with Crippen LogP contribution in [0.25, 0.3) is 0 Å². The van der Waals surface area contributed by atoms with Crippen molar-refractivity contribution in [1.29, 1.82) is 0 Å². The third kappa shape index (κ3) is 2.74. The Hall–Kier alpha value is -0.0600. The average molecular weight is 290 g/mol. The number of benzene rings is 1. The lowest BCUT2D eigenvalue weighted by Gasteiger charge is -2.28. The summed E-state index contributed by atoms with van der Waals surface area (Å²) in [6.45, 7) is 2.19. The lowest BCUT2D eigenvalue weighted by molar-refractivity contribution is 0.511. The van der Waals surface area contributed by atoms with Crippen molar-refractivity contribution >= 4 is 27.7 Å². The monoisotopic (exact) mass is 289 g/mol. The summed E-state index contributed by atoms with van der Waals surface area (Å²) in [6, 6.07) is 5.77. The fraction of sp³-hybridized carbons (Fsp3) is 0.455. The molecule has 0 aliphatic carbocycles. The predicted molar refractivity (Wildman–Crippen MR) is 66.5 cm³/mol. The molecule has 1 N–H and O–H groups in total. The SMILES string of the molecule is CC1CCSC(c2ccc(F)c(Br)c2)N1. The first-order valence-corrected chi connectivity index (χ1v) is 6.83. The zero-order chi connectivity index (χ0) is 10.8. The highest BCUT2D eigenvalue weighted by Crippen LogP contribution is 2.33. The molecule has 2 atom stereocenters. The van der Waals surface area contributed by atoms with Crippen molar-refractivity contribution < 1.29 is 4.39 Å². The van der Waals surface area contributed by atoms with Crippen LogP contribution >= 0.6 is 27.7 Å². The van der Waals surface area contributed by atoms with Gasteiger partial charge in [0.25, 0.3) is 0 Å². The van der Waals surface area contributed by atoms with E-state index in [0.717, 1.165) is 11.3 Å². The van der Waals surface area contributed by atoms with Gasteiger partial charge in [0.15, 0.2) is 0 Å². The average Bonchev–Trinajstić information content (AvgIpc) is 2.22. The number of hydrogen-bond acceptors (Lipinski definition) is 2. The molecule has 0 aromatic heterocycles. The first-order valence-electron chi connectivity index (χ1n) is 4.99. The van der Waals surface area contributed by atoms with Crippen molar-refractivity contribution in [2.45, 2.75) is 24.8 Å². The Bertz CT molecular complexity index is 358. The summed E-state index contributed by atoms with van der Waals surface area (Å²) >= 11 is 5.10. The fourth-order valence-corrected chi connectivity index (χ4v) is 3.41. The number of rotatable bonds is 1. The van der Waals surface area contributed by atoms with E-state index in [1.165, 1.54) is 12.5 Å². The van der Waals surface area contributed by atoms with Gasteiger partial charge in [0.1, 0.15) is 5.82 Å². The predicted octanol–water partition coefficient (Wildman–Crippen LogP) is 3.70. The number of halogens is 2. The molecule has 0 spiro atoms. The summed E-state index contributed by atoms with van der Waals surface area (Å²) in [5.41, 5.74) is 1.14. The molecule has 1 aliphatic rings. The van der Waals surface area contributed by atoms with Gasteiger partial charge in [0.2, 0.25) is 0 Å². The van der Waals surface area contributed by atoms with Crippen LogP contribution in [0.15, 0.2) is 22.7 Å². The second-order valence-corrected chi connectivity index (χ2v) is 5.85. The van der Waals surface area contributed by atoms with Crippen LogP contribution in [0.5, 0.6) is 0 Å². The number of thioether (sulfide) groups is 1. The maximum Gasteiger partial charge on any atom is 0.137 e. The summed E-state index contributed by atoms with van der Waals surface area (Å²) in [4.78, 5) is 0. The Morgan fingerprint density at radius 2 is 2.33 bits per heavy atom. The Morgan fingerprint density at radius 3 is 3.00 bits per heavy atom. The minimum Gasteiger partial charge on any atom is -0.299 e. The van der Waals surface area contributed by atoms with Crippen LogP contribution in [0.1, 0.15) is 24.3 Å². The Kier molecular flexibility index (Phi) is 3.69. The van der Waals surface area contributed by atoms with E-state index in [9.17, 15) is 4.39 Å². The molecule has 4 heteroatoms. The van der Waals surface area contributed by atoms with Crippen LogP contribution < -0.4 is 5.32 Å². The van der Waals surface area contributed by atoms with Gasteiger partial charge >= 0.3 is 0 Å². The molecule has 0 radical (unpaired) electrons. The molecular formula is C11H13BrFNS. The molecule has 1 aliphatic heterocycles. The highest BCUT2D eigenvalue weighted by molar-refractivity contribution is 9.10. The number of hydrogen-bond donors (Lipinski definition) is 1. The summed E-state index contributed by atoms with van der Waals surface area (Å²) in [5, 5.41) is 3.80. The molecule has 2 unspecified atom stereocenters. The zero-order valence-corrected chi connectivity index (χ0v) is 10.9. The molecule has 1 nitrogen and oxygen atoms in total. The molecule has 2 rings (SSSR count). The summed E-state index contributed by atoms with van der Waals surface area (Å²) in [6.07, 6.45) is 1.20. The van der Waals surface area contributed by atoms with Crippen molar-refractivity contribution in [2.24, 2.45) is 0 Å². The van der Waals surface area contributed by atoms with Gasteiger partial charge in [-0.3, -0.25) is 5.32 Å². The highest BCUT2D eigenvalue weighted by Gasteiger charge is 2.20. The van der Waals surface area contributed by atoms with Gasteiger partial charge in [-0.1, -0.05) is 6.07 Å². The van der Waals surface area contributed by atoms with E-state index < -0.39 is 0 Å². The second kappa shape index (κ2) is 4.85. The van der Waals surface area contributed by atoms with Crippen LogP contribution in [0.3, 0.4) is 0 Å². The fourth-order valence-electron chi connectivity index (χ4n) is 1.62. The highest BCUT2D eigenvalue weighted by atomic mass is 79.9. The van der Waals surface area contributed by atoms with Gasteiger partial charge in [-0.15, -0.1) is 11.8 Å². The van der Waals surface area contributed by atoms with Crippen molar-refractivity contribution in [3.05, 3.63) is 34.1 Å². The van der Waals surface area contributed by atoms with Gasteiger partial charge in [0, 0.05) is 6.04 Å². The third-order valence-corrected chi connectivity index (χ3v) is 4.34. The molecule has 0 amide bonds. The van der Waals surface area contributed by atoms with Gasteiger partial charge in [-0.2, -0.15) is 0 Å². The van der Waals surface area contributed by atoms with Crippen LogP contribution in [-0.2, 0) is 0 Å². The maximum atomic E-state index is 13.1. The molecule has 1 heterocycles. The quantitative estimate of drug-likeness (QED) is 0.846. The largest absolute Gasteiger partial charge is 0.299 e. The molecule has 82 valence electrons. The lowest BCUT2D eigenvalue weighted by Crippen LogP contribution is -2.33. The maximum absolute atomic E-state index is 13.1. The molecule has 1 aromatic rings. The van der Waals surface area contributed by atoms with Gasteiger partial charge in [0.05, 0.1) is 9.85 Å². The van der Waals surface area contributed by atoms with E-state index in [0.29, 0.717) is 15.9 Å². The van der Waals surface area contributed by atoms with Crippen LogP contribution in [0.2, 0.25) is 0 Å². The van der Waals surface area contributed by atoms with Gasteiger partial charge in [-0.05, 0) is 52.7 Å².